The predicted octanol–water partition coefficient (Wildman–Crippen LogP) is 1.96. The zero-order valence-corrected chi connectivity index (χ0v) is 11.5. The van der Waals surface area contributed by atoms with Crippen LogP contribution in [0, 0.1) is 5.92 Å². The molecule has 0 bridgehead atoms. The van der Waals surface area contributed by atoms with Crippen molar-refractivity contribution in [3.63, 3.8) is 0 Å². The van der Waals surface area contributed by atoms with E-state index in [0.717, 1.165) is 6.07 Å². The lowest BCUT2D eigenvalue weighted by atomic mass is 10.1. The first-order chi connectivity index (χ1) is 9.66. The van der Waals surface area contributed by atoms with Crippen LogP contribution in [0.3, 0.4) is 0 Å². The van der Waals surface area contributed by atoms with Crippen molar-refractivity contribution in [2.24, 2.45) is 5.92 Å². The van der Waals surface area contributed by atoms with Crippen LogP contribution in [-0.4, -0.2) is 32.2 Å². The third kappa shape index (κ3) is 4.35. The first kappa shape index (κ1) is 15.6. The van der Waals surface area contributed by atoms with E-state index in [-0.39, 0.29) is 23.6 Å². The lowest BCUT2D eigenvalue weighted by Crippen LogP contribution is -2.25. The Morgan fingerprint density at radius 3 is 2.52 bits per heavy atom. The van der Waals surface area contributed by atoms with Gasteiger partial charge in [0.1, 0.15) is 0 Å². The first-order valence-electron chi connectivity index (χ1n) is 6.02. The smallest absolute Gasteiger partial charge is 0.404 e. The molecular weight excluding hydrogens is 311 g/mol. The molecule has 1 aliphatic rings. The highest BCUT2D eigenvalue weighted by atomic mass is 32.2. The molecule has 5 nitrogen and oxygen atoms in total. The fraction of sp³-hybridized carbons (Fsp3) is 0.417. The molecule has 0 aliphatic carbocycles. The van der Waals surface area contributed by atoms with Gasteiger partial charge in [-0.05, 0) is 18.6 Å². The summed E-state index contributed by atoms with van der Waals surface area (Å²) in [6.07, 6.45) is -4.71. The molecule has 0 aromatic heterocycles. The Morgan fingerprint density at radius 1 is 1.29 bits per heavy atom. The zero-order chi connectivity index (χ0) is 15.7. The number of halogens is 3. The van der Waals surface area contributed by atoms with Gasteiger partial charge in [-0.15, -0.1) is 13.2 Å². The van der Waals surface area contributed by atoms with Crippen molar-refractivity contribution < 1.29 is 31.1 Å². The number of hydrogen-bond acceptors (Lipinski definition) is 4. The van der Waals surface area contributed by atoms with E-state index in [1.165, 1.54) is 18.2 Å². The average Bonchev–Trinajstić information content (AvgIpc) is 2.70. The monoisotopic (exact) mass is 323 g/mol. The second-order valence-electron chi connectivity index (χ2n) is 4.63. The van der Waals surface area contributed by atoms with E-state index >= 15 is 0 Å². The highest BCUT2D eigenvalue weighted by Gasteiger charge is 2.35. The molecule has 0 unspecified atom stereocenters. The molecule has 1 aliphatic heterocycles. The molecule has 1 amide bonds. The van der Waals surface area contributed by atoms with Gasteiger partial charge < -0.3 is 10.1 Å². The van der Waals surface area contributed by atoms with E-state index in [0.29, 0.717) is 0 Å². The van der Waals surface area contributed by atoms with Crippen LogP contribution in [-0.2, 0) is 14.6 Å². The molecular formula is C12H12F3NO4S. The van der Waals surface area contributed by atoms with E-state index in [2.05, 4.69) is 10.1 Å². The summed E-state index contributed by atoms with van der Waals surface area (Å²) in [5, 5.41) is 2.28. The number of carbonyl (C=O) groups excluding carboxylic acids is 1. The van der Waals surface area contributed by atoms with Gasteiger partial charge in [-0.2, -0.15) is 0 Å². The molecule has 0 saturated carbocycles. The number of nitrogens with one attached hydrogen (secondary N) is 1. The summed E-state index contributed by atoms with van der Waals surface area (Å²) in [5.74, 6) is -2.31. The topological polar surface area (TPSA) is 72.5 Å². The van der Waals surface area contributed by atoms with Crippen LogP contribution in [0.2, 0.25) is 0 Å². The molecule has 2 rings (SSSR count). The predicted molar refractivity (Wildman–Crippen MR) is 68.5 cm³/mol. The Bertz CT molecular complexity index is 642. The van der Waals surface area contributed by atoms with E-state index in [4.69, 9.17) is 0 Å². The van der Waals surface area contributed by atoms with E-state index in [1.807, 2.05) is 0 Å². The van der Waals surface area contributed by atoms with Crippen LogP contribution in [0.1, 0.15) is 6.42 Å². The van der Waals surface area contributed by atoms with Crippen molar-refractivity contribution >= 4 is 21.4 Å². The number of benzene rings is 1. The average molecular weight is 323 g/mol. The minimum absolute atomic E-state index is 0.0915. The van der Waals surface area contributed by atoms with Crippen molar-refractivity contribution in [3.05, 3.63) is 24.3 Å². The molecule has 1 heterocycles. The third-order valence-corrected chi connectivity index (χ3v) is 4.74. The van der Waals surface area contributed by atoms with Crippen molar-refractivity contribution in [1.82, 2.24) is 0 Å². The number of alkyl halides is 3. The summed E-state index contributed by atoms with van der Waals surface area (Å²) in [5.41, 5.74) is -0.149. The van der Waals surface area contributed by atoms with Gasteiger partial charge in [-0.25, -0.2) is 8.42 Å². The SMILES string of the molecule is O=C(Nc1ccccc1OC(F)(F)F)[C@@H]1CCS(=O)(=O)C1. The number of ether oxygens (including phenoxy) is 1. The number of anilines is 1. The molecule has 21 heavy (non-hydrogen) atoms. The van der Waals surface area contributed by atoms with Crippen molar-refractivity contribution in [1.29, 1.82) is 0 Å². The molecule has 1 aromatic carbocycles. The van der Waals surface area contributed by atoms with Gasteiger partial charge in [-0.3, -0.25) is 4.79 Å². The second-order valence-corrected chi connectivity index (χ2v) is 6.86. The molecule has 0 spiro atoms. The summed E-state index contributed by atoms with van der Waals surface area (Å²) in [7, 11) is -3.24. The summed E-state index contributed by atoms with van der Waals surface area (Å²) in [6.45, 7) is 0. The number of rotatable bonds is 3. The maximum Gasteiger partial charge on any atom is 0.573 e. The summed E-state index contributed by atoms with van der Waals surface area (Å²) < 4.78 is 63.1. The van der Waals surface area contributed by atoms with Crippen molar-refractivity contribution in [2.75, 3.05) is 16.8 Å². The highest BCUT2D eigenvalue weighted by Crippen LogP contribution is 2.31. The number of amides is 1. The van der Waals surface area contributed by atoms with E-state index in [1.54, 1.807) is 0 Å². The van der Waals surface area contributed by atoms with Crippen LogP contribution in [0.5, 0.6) is 5.75 Å². The Labute approximate surface area is 119 Å². The normalized spacial score (nSPS) is 21.0. The van der Waals surface area contributed by atoms with Gasteiger partial charge in [0.05, 0.1) is 23.1 Å². The summed E-state index contributed by atoms with van der Waals surface area (Å²) in [4.78, 5) is 11.9. The number of carbonyl (C=O) groups is 1. The maximum atomic E-state index is 12.2. The second kappa shape index (κ2) is 5.55. The Hall–Kier alpha value is -1.77. The fourth-order valence-corrected chi connectivity index (χ4v) is 3.76. The Balaban J connectivity index is 2.11. The number of sulfone groups is 1. The van der Waals surface area contributed by atoms with Gasteiger partial charge in [-0.1, -0.05) is 12.1 Å². The highest BCUT2D eigenvalue weighted by molar-refractivity contribution is 7.91. The lowest BCUT2D eigenvalue weighted by molar-refractivity contribution is -0.274. The fourth-order valence-electron chi connectivity index (χ4n) is 2.02. The number of hydrogen-bond donors (Lipinski definition) is 1. The lowest BCUT2D eigenvalue weighted by Gasteiger charge is -2.15. The minimum atomic E-state index is -4.88. The van der Waals surface area contributed by atoms with Gasteiger partial charge in [0.2, 0.25) is 5.91 Å². The standard InChI is InChI=1S/C12H12F3NO4S/c13-12(14,15)20-10-4-2-1-3-9(10)16-11(17)8-5-6-21(18,19)7-8/h1-4,8H,5-7H2,(H,16,17)/t8-/m1/s1. The molecule has 116 valence electrons. The minimum Gasteiger partial charge on any atom is -0.404 e. The maximum absolute atomic E-state index is 12.2. The summed E-state index contributed by atoms with van der Waals surface area (Å²) >= 11 is 0. The van der Waals surface area contributed by atoms with E-state index in [9.17, 15) is 26.4 Å². The molecule has 1 atom stereocenters. The van der Waals surface area contributed by atoms with Crippen LogP contribution in [0.4, 0.5) is 18.9 Å². The summed E-state index contributed by atoms with van der Waals surface area (Å²) in [6, 6.07) is 5.08. The molecule has 1 fully saturated rings. The molecule has 1 saturated heterocycles. The Morgan fingerprint density at radius 2 is 1.95 bits per heavy atom. The molecule has 0 radical (unpaired) electrons. The quantitative estimate of drug-likeness (QED) is 0.923. The van der Waals surface area contributed by atoms with E-state index < -0.39 is 33.8 Å². The van der Waals surface area contributed by atoms with Gasteiger partial charge >= 0.3 is 6.36 Å². The van der Waals surface area contributed by atoms with Gasteiger partial charge in [0.25, 0.3) is 0 Å². The Kier molecular flexibility index (Phi) is 4.13. The van der Waals surface area contributed by atoms with Gasteiger partial charge in [0.15, 0.2) is 15.6 Å². The zero-order valence-electron chi connectivity index (χ0n) is 10.7. The van der Waals surface area contributed by atoms with Crippen LogP contribution in [0.15, 0.2) is 24.3 Å². The van der Waals surface area contributed by atoms with Gasteiger partial charge in [0, 0.05) is 0 Å². The van der Waals surface area contributed by atoms with Crippen LogP contribution in [0.25, 0.3) is 0 Å². The first-order valence-corrected chi connectivity index (χ1v) is 7.84. The molecule has 9 heteroatoms. The number of para-hydroxylation sites is 2. The van der Waals surface area contributed by atoms with Crippen LogP contribution >= 0.6 is 0 Å². The molecule has 1 aromatic rings. The van der Waals surface area contributed by atoms with Crippen LogP contribution < -0.4 is 10.1 Å². The van der Waals surface area contributed by atoms with Crippen molar-refractivity contribution in [3.8, 4) is 5.75 Å². The van der Waals surface area contributed by atoms with Crippen molar-refractivity contribution in [2.45, 2.75) is 12.8 Å². The molecule has 1 N–H and O–H groups in total. The third-order valence-electron chi connectivity index (χ3n) is 2.97. The largest absolute Gasteiger partial charge is 0.573 e.